The summed E-state index contributed by atoms with van der Waals surface area (Å²) in [5.41, 5.74) is 9.49. The first kappa shape index (κ1) is 10.4. The van der Waals surface area contributed by atoms with Gasteiger partial charge in [-0.3, -0.25) is 5.41 Å². The van der Waals surface area contributed by atoms with Crippen molar-refractivity contribution in [2.75, 3.05) is 7.05 Å². The van der Waals surface area contributed by atoms with Gasteiger partial charge in [0.1, 0.15) is 0 Å². The van der Waals surface area contributed by atoms with E-state index in [-0.39, 0.29) is 7.26 Å². The van der Waals surface area contributed by atoms with Crippen molar-refractivity contribution in [1.82, 2.24) is 0 Å². The molecule has 5 N–H and O–H groups in total. The van der Waals surface area contributed by atoms with Crippen LogP contribution in [0.1, 0.15) is 21.2 Å². The van der Waals surface area contributed by atoms with Crippen LogP contribution in [-0.4, -0.2) is 12.9 Å². The van der Waals surface area contributed by atoms with E-state index in [2.05, 4.69) is 5.73 Å². The summed E-state index contributed by atoms with van der Waals surface area (Å²) in [7, 11) is 1.50. The van der Waals surface area contributed by atoms with Crippen molar-refractivity contribution in [2.45, 2.75) is 19.8 Å². The minimum absolute atomic E-state index is 0. The van der Waals surface area contributed by atoms with Crippen LogP contribution in [0.2, 0.25) is 0 Å². The highest BCUT2D eigenvalue weighted by molar-refractivity contribution is 5.76. The van der Waals surface area contributed by atoms with E-state index in [1.165, 1.54) is 7.05 Å². The van der Waals surface area contributed by atoms with E-state index in [1.807, 2.05) is 6.92 Å². The minimum atomic E-state index is 0. The highest BCUT2D eigenvalue weighted by atomic mass is 14.7. The summed E-state index contributed by atoms with van der Waals surface area (Å²) >= 11 is 0. The SMILES string of the molecule is CCCC(=N)N.CN.[HH]. The zero-order valence-corrected chi connectivity index (χ0v) is 5.57. The maximum Gasteiger partial charge on any atom is 0.0905 e. The van der Waals surface area contributed by atoms with Crippen molar-refractivity contribution < 1.29 is 1.43 Å². The summed E-state index contributed by atoms with van der Waals surface area (Å²) in [6, 6.07) is 0. The number of hydrogen-bond donors (Lipinski definition) is 3. The summed E-state index contributed by atoms with van der Waals surface area (Å²) in [5, 5.41) is 6.67. The minimum Gasteiger partial charge on any atom is -0.388 e. The van der Waals surface area contributed by atoms with Gasteiger partial charge in [0.2, 0.25) is 0 Å². The van der Waals surface area contributed by atoms with Gasteiger partial charge >= 0.3 is 0 Å². The van der Waals surface area contributed by atoms with Crippen molar-refractivity contribution >= 4 is 5.84 Å². The topological polar surface area (TPSA) is 75.9 Å². The maximum atomic E-state index is 6.67. The molecule has 0 saturated heterocycles. The lowest BCUT2D eigenvalue weighted by atomic mass is 10.3. The van der Waals surface area contributed by atoms with Crippen LogP contribution in [0.5, 0.6) is 0 Å². The third-order valence-corrected chi connectivity index (χ3v) is 0.519. The summed E-state index contributed by atoms with van der Waals surface area (Å²) in [6.07, 6.45) is 1.72. The Morgan fingerprint density at radius 1 is 1.62 bits per heavy atom. The highest BCUT2D eigenvalue weighted by Crippen LogP contribution is 1.80. The predicted molar refractivity (Wildman–Crippen MR) is 39.0 cm³/mol. The average molecular weight is 119 g/mol. The highest BCUT2D eigenvalue weighted by Gasteiger charge is 1.79. The van der Waals surface area contributed by atoms with Crippen LogP contribution < -0.4 is 11.5 Å². The zero-order chi connectivity index (χ0) is 6.99. The van der Waals surface area contributed by atoms with Crippen LogP contribution in [0.25, 0.3) is 0 Å². The lowest BCUT2D eigenvalue weighted by molar-refractivity contribution is 0.976. The molecule has 0 aromatic heterocycles. The van der Waals surface area contributed by atoms with E-state index in [0.717, 1.165) is 12.8 Å². The smallest absolute Gasteiger partial charge is 0.0905 e. The van der Waals surface area contributed by atoms with Gasteiger partial charge in [0.25, 0.3) is 0 Å². The summed E-state index contributed by atoms with van der Waals surface area (Å²) in [6.45, 7) is 2.00. The Morgan fingerprint density at radius 3 is 2.00 bits per heavy atom. The van der Waals surface area contributed by atoms with E-state index in [4.69, 9.17) is 11.1 Å². The second kappa shape index (κ2) is 9.66. The molecule has 8 heavy (non-hydrogen) atoms. The Hall–Kier alpha value is -0.570. The molecule has 0 aliphatic rings. The second-order valence-electron chi connectivity index (χ2n) is 1.28. The maximum absolute atomic E-state index is 6.67. The molecule has 3 nitrogen and oxygen atoms in total. The van der Waals surface area contributed by atoms with E-state index in [9.17, 15) is 0 Å². The van der Waals surface area contributed by atoms with Gasteiger partial charge in [-0.15, -0.1) is 0 Å². The quantitative estimate of drug-likeness (QED) is 0.366. The summed E-state index contributed by atoms with van der Waals surface area (Å²) in [5.74, 6) is 0.289. The van der Waals surface area contributed by atoms with Crippen LogP contribution >= 0.6 is 0 Å². The first-order chi connectivity index (χ1) is 3.77. The molecule has 0 atom stereocenters. The summed E-state index contributed by atoms with van der Waals surface area (Å²) < 4.78 is 0. The average Bonchev–Trinajstić information content (AvgIpc) is 1.72. The van der Waals surface area contributed by atoms with Crippen molar-refractivity contribution in [3.05, 3.63) is 0 Å². The molecule has 0 aromatic rings. The van der Waals surface area contributed by atoms with E-state index < -0.39 is 0 Å². The third kappa shape index (κ3) is 18.0. The van der Waals surface area contributed by atoms with Crippen LogP contribution in [-0.2, 0) is 0 Å². The standard InChI is InChI=1S/C4H10N2.CH5N.H2/c1-2-3-4(5)6;1-2;/h2-3H2,1H3,(H3,5,6);2H2,1H3;1H. The van der Waals surface area contributed by atoms with Gasteiger partial charge in [0, 0.05) is 7.85 Å². The first-order valence-electron chi connectivity index (χ1n) is 2.68. The Bertz CT molecular complexity index is 56.2. The molecule has 0 heterocycles. The Kier molecular flexibility index (Phi) is 12.6. The molecule has 0 rings (SSSR count). The van der Waals surface area contributed by atoms with Crippen LogP contribution in [0.4, 0.5) is 0 Å². The van der Waals surface area contributed by atoms with Gasteiger partial charge in [-0.05, 0) is 13.5 Å². The van der Waals surface area contributed by atoms with Gasteiger partial charge in [-0.2, -0.15) is 0 Å². The fraction of sp³-hybridized carbons (Fsp3) is 0.800. The van der Waals surface area contributed by atoms with Crippen molar-refractivity contribution in [3.8, 4) is 0 Å². The van der Waals surface area contributed by atoms with Gasteiger partial charge in [-0.1, -0.05) is 6.92 Å². The third-order valence-electron chi connectivity index (χ3n) is 0.519. The molecule has 0 aromatic carbocycles. The number of nitrogens with one attached hydrogen (secondary N) is 1. The molecular formula is C5H17N3. The Labute approximate surface area is 52.1 Å². The van der Waals surface area contributed by atoms with Gasteiger partial charge < -0.3 is 11.5 Å². The molecule has 0 spiro atoms. The molecule has 0 amide bonds. The van der Waals surface area contributed by atoms with Gasteiger partial charge in [0.15, 0.2) is 0 Å². The monoisotopic (exact) mass is 119 g/mol. The van der Waals surface area contributed by atoms with Crippen LogP contribution in [0, 0.1) is 5.41 Å². The van der Waals surface area contributed by atoms with Gasteiger partial charge in [0.05, 0.1) is 5.84 Å². The molecule has 0 aliphatic heterocycles. The molecule has 0 aliphatic carbocycles. The van der Waals surface area contributed by atoms with E-state index in [0.29, 0.717) is 0 Å². The number of hydrogen-bond acceptors (Lipinski definition) is 2. The zero-order valence-electron chi connectivity index (χ0n) is 5.57. The lowest BCUT2D eigenvalue weighted by Gasteiger charge is -1.85. The molecule has 0 saturated carbocycles. The predicted octanol–water partition coefficient (Wildman–Crippen LogP) is 0.543. The molecule has 52 valence electrons. The van der Waals surface area contributed by atoms with Crippen molar-refractivity contribution in [3.63, 3.8) is 0 Å². The van der Waals surface area contributed by atoms with E-state index in [1.54, 1.807) is 0 Å². The fourth-order valence-electron chi connectivity index (χ4n) is 0.269. The van der Waals surface area contributed by atoms with Crippen molar-refractivity contribution in [2.24, 2.45) is 11.5 Å². The van der Waals surface area contributed by atoms with Crippen LogP contribution in [0.3, 0.4) is 0 Å². The molecular weight excluding hydrogens is 102 g/mol. The number of nitrogens with two attached hydrogens (primary N) is 2. The Balaban J connectivity index is -0.000000109. The van der Waals surface area contributed by atoms with Crippen molar-refractivity contribution in [1.29, 1.82) is 5.41 Å². The lowest BCUT2D eigenvalue weighted by Crippen LogP contribution is -2.07. The van der Waals surface area contributed by atoms with Crippen LogP contribution in [0.15, 0.2) is 0 Å². The van der Waals surface area contributed by atoms with E-state index >= 15 is 0 Å². The molecule has 3 heteroatoms. The normalized spacial score (nSPS) is 6.88. The molecule has 0 radical (unpaired) electrons. The number of amidine groups is 1. The Morgan fingerprint density at radius 2 is 2.00 bits per heavy atom. The first-order valence-corrected chi connectivity index (χ1v) is 2.68. The number of rotatable bonds is 2. The largest absolute Gasteiger partial charge is 0.388 e. The fourth-order valence-corrected chi connectivity index (χ4v) is 0.269. The molecule has 0 fully saturated rings. The molecule has 0 bridgehead atoms. The van der Waals surface area contributed by atoms with Gasteiger partial charge in [-0.25, -0.2) is 0 Å². The second-order valence-corrected chi connectivity index (χ2v) is 1.28. The molecule has 0 unspecified atom stereocenters. The summed E-state index contributed by atoms with van der Waals surface area (Å²) in [4.78, 5) is 0.